The van der Waals surface area contributed by atoms with E-state index >= 15 is 0 Å². The average Bonchev–Trinajstić information content (AvgIpc) is 3.57. The van der Waals surface area contributed by atoms with Gasteiger partial charge in [0.2, 0.25) is 10.0 Å². The van der Waals surface area contributed by atoms with E-state index in [-0.39, 0.29) is 17.2 Å². The lowest BCUT2D eigenvalue weighted by atomic mass is 9.88. The molecule has 0 aromatic carbocycles. The maximum atomic E-state index is 12.3. The number of carbonyl (C=O) groups excluding carboxylic acids is 1. The minimum Gasteiger partial charge on any atom is -0.299 e. The lowest BCUT2D eigenvalue weighted by Crippen LogP contribution is -2.37. The number of nitrogens with one attached hydrogen (secondary N) is 1. The third-order valence-electron chi connectivity index (χ3n) is 6.23. The first kappa shape index (κ1) is 18.3. The van der Waals surface area contributed by atoms with Crippen LogP contribution in [-0.2, 0) is 27.7 Å². The Hall–Kier alpha value is -1.79. The Labute approximate surface area is 166 Å². The predicted molar refractivity (Wildman–Crippen MR) is 109 cm³/mol. The number of sulfonamides is 1. The Kier molecular flexibility index (Phi) is 4.51. The highest BCUT2D eigenvalue weighted by atomic mass is 32.2. The third-order valence-corrected chi connectivity index (χ3v) is 8.24. The van der Waals surface area contributed by atoms with Gasteiger partial charge in [-0.3, -0.25) is 9.78 Å². The van der Waals surface area contributed by atoms with Crippen LogP contribution in [0.2, 0.25) is 0 Å². The summed E-state index contributed by atoms with van der Waals surface area (Å²) in [7, 11) is -3.14. The summed E-state index contributed by atoms with van der Waals surface area (Å²) in [5, 5.41) is -0.168. The second-order valence-corrected chi connectivity index (χ2v) is 10.6. The van der Waals surface area contributed by atoms with Crippen LogP contribution in [0.5, 0.6) is 0 Å². The van der Waals surface area contributed by atoms with Gasteiger partial charge in [-0.2, -0.15) is 0 Å². The van der Waals surface area contributed by atoms with Crippen LogP contribution < -0.4 is 4.72 Å². The van der Waals surface area contributed by atoms with Crippen LogP contribution >= 0.6 is 0 Å². The first-order chi connectivity index (χ1) is 13.5. The van der Waals surface area contributed by atoms with Crippen molar-refractivity contribution >= 4 is 27.5 Å². The molecule has 1 aromatic rings. The third kappa shape index (κ3) is 3.72. The van der Waals surface area contributed by atoms with Gasteiger partial charge in [0.1, 0.15) is 5.78 Å². The van der Waals surface area contributed by atoms with Crippen LogP contribution in [0.15, 0.2) is 18.2 Å². The maximum absolute atomic E-state index is 12.3. The number of pyridine rings is 1. The van der Waals surface area contributed by atoms with Gasteiger partial charge in [0.15, 0.2) is 0 Å². The largest absolute Gasteiger partial charge is 0.299 e. The average molecular weight is 399 g/mol. The summed E-state index contributed by atoms with van der Waals surface area (Å²) in [6.07, 6.45) is 13.7. The number of Topliss-reactive ketones (excluding diaryl/α,β-unsaturated/α-hetero) is 1. The van der Waals surface area contributed by atoms with E-state index in [1.54, 1.807) is 0 Å². The van der Waals surface area contributed by atoms with Crippen molar-refractivity contribution in [2.45, 2.75) is 69.1 Å². The summed E-state index contributed by atoms with van der Waals surface area (Å²) in [5.41, 5.74) is 5.55. The molecule has 1 aromatic heterocycles. The van der Waals surface area contributed by atoms with Gasteiger partial charge in [-0.05, 0) is 62.1 Å². The van der Waals surface area contributed by atoms with E-state index in [4.69, 9.17) is 4.98 Å². The topological polar surface area (TPSA) is 76.1 Å². The summed E-state index contributed by atoms with van der Waals surface area (Å²) in [5.74, 6) is 0.572. The van der Waals surface area contributed by atoms with E-state index in [1.807, 2.05) is 0 Å². The quantitative estimate of drug-likeness (QED) is 0.765. The highest BCUT2D eigenvalue weighted by molar-refractivity contribution is 7.90. The summed E-state index contributed by atoms with van der Waals surface area (Å²) in [6, 6.07) is 2.09. The van der Waals surface area contributed by atoms with Crippen LogP contribution in [0.4, 0.5) is 0 Å². The van der Waals surface area contributed by atoms with Gasteiger partial charge < -0.3 is 0 Å². The zero-order chi connectivity index (χ0) is 19.3. The molecule has 1 atom stereocenters. The smallest absolute Gasteiger partial charge is 0.214 e. The summed E-state index contributed by atoms with van der Waals surface area (Å²) in [4.78, 5) is 17.0. The van der Waals surface area contributed by atoms with E-state index in [0.717, 1.165) is 62.8 Å². The van der Waals surface area contributed by atoms with Gasteiger partial charge in [0, 0.05) is 36.1 Å². The van der Waals surface area contributed by atoms with Crippen LogP contribution in [-0.4, -0.2) is 30.5 Å². The lowest BCUT2D eigenvalue weighted by Gasteiger charge is -2.24. The fourth-order valence-electron chi connectivity index (χ4n) is 4.27. The number of carbonyl (C=O) groups is 1. The molecule has 4 aliphatic carbocycles. The molecule has 0 amide bonds. The van der Waals surface area contributed by atoms with Crippen molar-refractivity contribution in [3.63, 3.8) is 0 Å². The molecule has 5 rings (SSSR count). The SMILES string of the molecule is O=C(Cc1cc(C2=CCC(NS(=O)(=O)C3CC3)CC2)c2c(n1)CC=C2)C1CC1. The number of hydrogen-bond acceptors (Lipinski definition) is 4. The molecule has 1 N–H and O–H groups in total. The maximum Gasteiger partial charge on any atom is 0.214 e. The fraction of sp³-hybridized carbons (Fsp3) is 0.545. The highest BCUT2D eigenvalue weighted by Gasteiger charge is 2.37. The minimum absolute atomic E-state index is 0.00399. The van der Waals surface area contributed by atoms with Crippen molar-refractivity contribution < 1.29 is 13.2 Å². The Bertz CT molecular complexity index is 985. The molecule has 0 saturated heterocycles. The first-order valence-corrected chi connectivity index (χ1v) is 12.0. The van der Waals surface area contributed by atoms with Gasteiger partial charge in [-0.15, -0.1) is 0 Å². The summed E-state index contributed by atoms with van der Waals surface area (Å²) < 4.78 is 27.3. The van der Waals surface area contributed by atoms with Crippen LogP contribution in [0, 0.1) is 5.92 Å². The van der Waals surface area contributed by atoms with Crippen molar-refractivity contribution in [3.05, 3.63) is 40.7 Å². The molecule has 1 heterocycles. The van der Waals surface area contributed by atoms with E-state index in [9.17, 15) is 13.2 Å². The number of hydrogen-bond donors (Lipinski definition) is 1. The van der Waals surface area contributed by atoms with Crippen LogP contribution in [0.3, 0.4) is 0 Å². The molecule has 0 spiro atoms. The molecule has 4 aliphatic rings. The van der Waals surface area contributed by atoms with Gasteiger partial charge in [-0.1, -0.05) is 18.2 Å². The molecule has 2 saturated carbocycles. The molecule has 0 radical (unpaired) electrons. The molecule has 2 fully saturated rings. The molecular weight excluding hydrogens is 372 g/mol. The number of nitrogens with zero attached hydrogens (tertiary/aromatic N) is 1. The van der Waals surface area contributed by atoms with Crippen LogP contribution in [0.25, 0.3) is 11.6 Å². The summed E-state index contributed by atoms with van der Waals surface area (Å²) >= 11 is 0. The second-order valence-electron chi connectivity index (χ2n) is 8.61. The van der Waals surface area contributed by atoms with Crippen LogP contribution in [0.1, 0.15) is 67.5 Å². The Morgan fingerprint density at radius 1 is 1.18 bits per heavy atom. The normalized spacial score (nSPS) is 24.1. The van der Waals surface area contributed by atoms with Gasteiger partial charge in [0.25, 0.3) is 0 Å². The predicted octanol–water partition coefficient (Wildman–Crippen LogP) is 3.19. The van der Waals surface area contributed by atoms with Crippen molar-refractivity contribution in [1.82, 2.24) is 9.71 Å². The molecule has 0 bridgehead atoms. The number of aromatic nitrogens is 1. The van der Waals surface area contributed by atoms with Gasteiger partial charge in [-0.25, -0.2) is 13.1 Å². The standard InChI is InChI=1S/C22H26N2O3S/c25-22(15-4-5-15)13-17-12-20(19-2-1-3-21(19)23-17)14-6-8-16(9-7-14)24-28(26,27)18-10-11-18/h1-2,6,12,15-16,18,24H,3-5,7-11,13H2. The van der Waals surface area contributed by atoms with Crippen molar-refractivity contribution in [2.24, 2.45) is 5.92 Å². The molecule has 1 unspecified atom stereocenters. The molecule has 5 nitrogen and oxygen atoms in total. The van der Waals surface area contributed by atoms with Crippen molar-refractivity contribution in [2.75, 3.05) is 0 Å². The Morgan fingerprint density at radius 3 is 2.68 bits per heavy atom. The Morgan fingerprint density at radius 2 is 2.00 bits per heavy atom. The number of ketones is 1. The highest BCUT2D eigenvalue weighted by Crippen LogP contribution is 2.36. The molecule has 28 heavy (non-hydrogen) atoms. The first-order valence-electron chi connectivity index (χ1n) is 10.4. The lowest BCUT2D eigenvalue weighted by molar-refractivity contribution is -0.119. The van der Waals surface area contributed by atoms with Crippen molar-refractivity contribution in [1.29, 1.82) is 0 Å². The number of allylic oxidation sites excluding steroid dienone is 2. The second kappa shape index (κ2) is 6.92. The number of rotatable bonds is 7. The molecular formula is C22H26N2O3S. The molecule has 148 valence electrons. The molecule has 0 aliphatic heterocycles. The monoisotopic (exact) mass is 398 g/mol. The van der Waals surface area contributed by atoms with Gasteiger partial charge in [0.05, 0.1) is 10.9 Å². The van der Waals surface area contributed by atoms with E-state index in [1.165, 1.54) is 16.7 Å². The Balaban J connectivity index is 1.35. The van der Waals surface area contributed by atoms with E-state index in [0.29, 0.717) is 12.2 Å². The van der Waals surface area contributed by atoms with Gasteiger partial charge >= 0.3 is 0 Å². The fourth-order valence-corrected chi connectivity index (χ4v) is 5.90. The summed E-state index contributed by atoms with van der Waals surface area (Å²) in [6.45, 7) is 0. The van der Waals surface area contributed by atoms with Crippen molar-refractivity contribution in [3.8, 4) is 0 Å². The number of fused-ring (bicyclic) bond motifs is 1. The van der Waals surface area contributed by atoms with E-state index in [2.05, 4.69) is 29.0 Å². The zero-order valence-corrected chi connectivity index (χ0v) is 16.8. The zero-order valence-electron chi connectivity index (χ0n) is 16.0. The van der Waals surface area contributed by atoms with E-state index < -0.39 is 10.0 Å². The molecule has 6 heteroatoms. The minimum atomic E-state index is -3.14.